The molecule has 160 valence electrons. The van der Waals surface area contributed by atoms with Crippen LogP contribution in [0.15, 0.2) is 114 Å². The van der Waals surface area contributed by atoms with Crippen molar-refractivity contribution in [3.63, 3.8) is 0 Å². The zero-order chi connectivity index (χ0) is 22.6. The molecule has 2 aromatic heterocycles. The molecule has 34 heavy (non-hydrogen) atoms. The second-order valence-corrected chi connectivity index (χ2v) is 8.66. The van der Waals surface area contributed by atoms with Crippen molar-refractivity contribution in [2.75, 3.05) is 0 Å². The zero-order valence-electron chi connectivity index (χ0n) is 18.4. The first-order valence-electron chi connectivity index (χ1n) is 11.5. The average Bonchev–Trinajstić information content (AvgIpc) is 3.45. The second-order valence-electron chi connectivity index (χ2n) is 8.66. The Morgan fingerprint density at radius 2 is 1.26 bits per heavy atom. The van der Waals surface area contributed by atoms with E-state index in [1.165, 1.54) is 21.9 Å². The molecule has 0 radical (unpaired) electrons. The predicted octanol–water partition coefficient (Wildman–Crippen LogP) is 6.32. The average molecular weight is 437 g/mol. The molecule has 0 fully saturated rings. The third kappa shape index (κ3) is 2.69. The van der Waals surface area contributed by atoms with Crippen LogP contribution in [-0.4, -0.2) is 17.1 Å². The summed E-state index contributed by atoms with van der Waals surface area (Å²) in [5, 5.41) is 14.3. The van der Waals surface area contributed by atoms with E-state index in [0.717, 1.165) is 44.1 Å². The molecule has 0 bridgehead atoms. The zero-order valence-corrected chi connectivity index (χ0v) is 18.4. The van der Waals surface area contributed by atoms with Crippen molar-refractivity contribution in [2.24, 2.45) is 0 Å². The Balaban J connectivity index is 1.58. The quantitative estimate of drug-likeness (QED) is 0.329. The van der Waals surface area contributed by atoms with Crippen LogP contribution in [0.3, 0.4) is 0 Å². The van der Waals surface area contributed by atoms with Gasteiger partial charge in [-0.15, -0.1) is 0 Å². The standard InChI is InChI=1S/C30H20BNO2/c33-31-25-13-6-11-22-23-12-7-15-28(30(23)34-29(22)25)32-26-14-5-4-10-21(26)24-18-20(16-17-27(24)32)19-8-2-1-3-9-19/h1-18,31,33H. The molecule has 0 aliphatic heterocycles. The maximum absolute atomic E-state index is 9.85. The number of aromatic nitrogens is 1. The normalized spacial score (nSPS) is 11.7. The maximum atomic E-state index is 9.85. The third-order valence-electron chi connectivity index (χ3n) is 6.78. The topological polar surface area (TPSA) is 38.3 Å². The van der Waals surface area contributed by atoms with Gasteiger partial charge in [0.25, 0.3) is 0 Å². The summed E-state index contributed by atoms with van der Waals surface area (Å²) in [6.45, 7) is 0. The minimum absolute atomic E-state index is 0.0514. The summed E-state index contributed by atoms with van der Waals surface area (Å²) in [4.78, 5) is 0. The van der Waals surface area contributed by atoms with Gasteiger partial charge in [-0.2, -0.15) is 0 Å². The van der Waals surface area contributed by atoms with Crippen molar-refractivity contribution in [1.29, 1.82) is 0 Å². The number of benzene rings is 5. The first-order valence-corrected chi connectivity index (χ1v) is 11.5. The first kappa shape index (κ1) is 19.2. The number of hydrogen-bond donors (Lipinski definition) is 1. The van der Waals surface area contributed by atoms with E-state index in [4.69, 9.17) is 4.42 Å². The van der Waals surface area contributed by atoms with Gasteiger partial charge >= 0.3 is 7.48 Å². The monoisotopic (exact) mass is 437 g/mol. The number of para-hydroxylation sites is 3. The fourth-order valence-corrected chi connectivity index (χ4v) is 5.21. The Morgan fingerprint density at radius 3 is 2.12 bits per heavy atom. The number of nitrogens with zero attached hydrogens (tertiary/aromatic N) is 1. The molecule has 7 aromatic rings. The molecule has 3 nitrogen and oxygen atoms in total. The molecule has 0 atom stereocenters. The van der Waals surface area contributed by atoms with Crippen LogP contribution in [0.5, 0.6) is 0 Å². The Bertz CT molecular complexity index is 1850. The number of furan rings is 1. The van der Waals surface area contributed by atoms with Crippen LogP contribution in [-0.2, 0) is 0 Å². The van der Waals surface area contributed by atoms with Gasteiger partial charge in [0.05, 0.1) is 16.7 Å². The highest BCUT2D eigenvalue weighted by Crippen LogP contribution is 2.38. The van der Waals surface area contributed by atoms with Crippen molar-refractivity contribution < 1.29 is 9.44 Å². The minimum atomic E-state index is -0.0514. The van der Waals surface area contributed by atoms with Crippen LogP contribution < -0.4 is 5.46 Å². The molecule has 0 spiro atoms. The summed E-state index contributed by atoms with van der Waals surface area (Å²) in [6.07, 6.45) is 0. The summed E-state index contributed by atoms with van der Waals surface area (Å²) < 4.78 is 8.73. The number of fused-ring (bicyclic) bond motifs is 6. The molecule has 4 heteroatoms. The molecule has 0 saturated heterocycles. The second kappa shape index (κ2) is 7.37. The van der Waals surface area contributed by atoms with E-state index in [1.54, 1.807) is 0 Å². The molecule has 5 aromatic carbocycles. The van der Waals surface area contributed by atoms with Gasteiger partial charge in [-0.3, -0.25) is 0 Å². The van der Waals surface area contributed by atoms with Crippen LogP contribution >= 0.6 is 0 Å². The Labute approximate surface area is 196 Å². The van der Waals surface area contributed by atoms with E-state index in [-0.39, 0.29) is 7.48 Å². The van der Waals surface area contributed by atoms with E-state index in [2.05, 4.69) is 95.6 Å². The van der Waals surface area contributed by atoms with Gasteiger partial charge in [0.1, 0.15) is 5.58 Å². The van der Waals surface area contributed by atoms with Gasteiger partial charge in [0.2, 0.25) is 0 Å². The highest BCUT2D eigenvalue weighted by Gasteiger charge is 2.18. The van der Waals surface area contributed by atoms with E-state index in [1.807, 2.05) is 18.2 Å². The molecule has 0 aliphatic rings. The van der Waals surface area contributed by atoms with Crippen molar-refractivity contribution in [3.8, 4) is 16.8 Å². The molecular weight excluding hydrogens is 417 g/mol. The van der Waals surface area contributed by atoms with E-state index in [9.17, 15) is 5.02 Å². The van der Waals surface area contributed by atoms with E-state index in [0.29, 0.717) is 0 Å². The van der Waals surface area contributed by atoms with Crippen LogP contribution in [0.2, 0.25) is 0 Å². The lowest BCUT2D eigenvalue weighted by Gasteiger charge is -2.09. The molecule has 0 saturated carbocycles. The molecule has 0 aliphatic carbocycles. The summed E-state index contributed by atoms with van der Waals surface area (Å²) in [5.74, 6) is 0. The lowest BCUT2D eigenvalue weighted by Crippen LogP contribution is -2.13. The Morgan fingerprint density at radius 1 is 0.559 bits per heavy atom. The minimum Gasteiger partial charge on any atom is -0.454 e. The smallest absolute Gasteiger partial charge is 0.308 e. The highest BCUT2D eigenvalue weighted by atomic mass is 16.3. The summed E-state index contributed by atoms with van der Waals surface area (Å²) in [7, 11) is -0.0514. The van der Waals surface area contributed by atoms with Gasteiger partial charge in [0, 0.05) is 21.5 Å². The Kier molecular flexibility index (Phi) is 4.17. The number of rotatable bonds is 3. The summed E-state index contributed by atoms with van der Waals surface area (Å²) in [5.41, 5.74) is 8.05. The van der Waals surface area contributed by atoms with E-state index >= 15 is 0 Å². The first-order chi connectivity index (χ1) is 16.8. The molecular formula is C30H20BNO2. The van der Waals surface area contributed by atoms with Gasteiger partial charge in [-0.05, 0) is 40.9 Å². The fraction of sp³-hybridized carbons (Fsp3) is 0. The molecule has 0 unspecified atom stereocenters. The summed E-state index contributed by atoms with van der Waals surface area (Å²) >= 11 is 0. The lowest BCUT2D eigenvalue weighted by molar-refractivity contribution is 0.613. The van der Waals surface area contributed by atoms with Gasteiger partial charge < -0.3 is 14.0 Å². The number of hydrogen-bond acceptors (Lipinski definition) is 2. The van der Waals surface area contributed by atoms with Crippen LogP contribution in [0.1, 0.15) is 0 Å². The largest absolute Gasteiger partial charge is 0.454 e. The fourth-order valence-electron chi connectivity index (χ4n) is 5.21. The van der Waals surface area contributed by atoms with Crippen molar-refractivity contribution in [1.82, 2.24) is 4.57 Å². The van der Waals surface area contributed by atoms with Gasteiger partial charge in [-0.25, -0.2) is 0 Å². The van der Waals surface area contributed by atoms with E-state index < -0.39 is 0 Å². The highest BCUT2D eigenvalue weighted by molar-refractivity contribution is 6.50. The molecule has 2 heterocycles. The van der Waals surface area contributed by atoms with Crippen LogP contribution in [0.4, 0.5) is 0 Å². The molecule has 7 rings (SSSR count). The van der Waals surface area contributed by atoms with Gasteiger partial charge in [0.15, 0.2) is 5.58 Å². The van der Waals surface area contributed by atoms with Crippen LogP contribution in [0, 0.1) is 0 Å². The Hall–Kier alpha value is -4.28. The van der Waals surface area contributed by atoms with Crippen molar-refractivity contribution in [3.05, 3.63) is 109 Å². The van der Waals surface area contributed by atoms with Crippen molar-refractivity contribution in [2.45, 2.75) is 0 Å². The van der Waals surface area contributed by atoms with Crippen molar-refractivity contribution >= 4 is 56.7 Å². The van der Waals surface area contributed by atoms with Crippen LogP contribution in [0.25, 0.3) is 60.6 Å². The maximum Gasteiger partial charge on any atom is 0.308 e. The SMILES string of the molecule is OBc1cccc2c1oc1c(-n3c4ccccc4c4cc(-c5ccccc5)ccc43)cccc12. The molecule has 1 N–H and O–H groups in total. The predicted molar refractivity (Wildman–Crippen MR) is 142 cm³/mol. The third-order valence-corrected chi connectivity index (χ3v) is 6.78. The van der Waals surface area contributed by atoms with Gasteiger partial charge in [-0.1, -0.05) is 84.9 Å². The summed E-state index contributed by atoms with van der Waals surface area (Å²) in [6, 6.07) is 37.9. The molecule has 0 amide bonds. The lowest BCUT2D eigenvalue weighted by atomic mass is 9.87.